The van der Waals surface area contributed by atoms with Gasteiger partial charge in [0.15, 0.2) is 0 Å². The first-order valence-electron chi connectivity index (χ1n) is 4.95. The van der Waals surface area contributed by atoms with Crippen molar-refractivity contribution in [2.45, 2.75) is 13.0 Å². The second kappa shape index (κ2) is 4.25. The van der Waals surface area contributed by atoms with Crippen molar-refractivity contribution in [3.63, 3.8) is 0 Å². The lowest BCUT2D eigenvalue weighted by Gasteiger charge is -2.32. The van der Waals surface area contributed by atoms with Gasteiger partial charge in [0.05, 0.1) is 6.54 Å². The number of nitrogens with one attached hydrogen (secondary N) is 1. The minimum absolute atomic E-state index is 0.0652. The number of benzene rings is 1. The van der Waals surface area contributed by atoms with Gasteiger partial charge in [0.1, 0.15) is 6.04 Å². The Balaban J connectivity index is 2.37. The predicted molar refractivity (Wildman–Crippen MR) is 64.1 cm³/mol. The molecule has 1 heterocycles. The molecule has 0 saturated carbocycles. The van der Waals surface area contributed by atoms with Crippen LogP contribution in [0, 0.1) is 0 Å². The third kappa shape index (κ3) is 1.95. The molecule has 1 saturated heterocycles. The minimum atomic E-state index is -0.462. The van der Waals surface area contributed by atoms with Gasteiger partial charge in [-0.25, -0.2) is 0 Å². The van der Waals surface area contributed by atoms with Crippen molar-refractivity contribution < 1.29 is 9.59 Å². The molecule has 1 aromatic rings. The molecular formula is C11H11BrN2O2. The second-order valence-corrected chi connectivity index (χ2v) is 4.55. The third-order valence-corrected chi connectivity index (χ3v) is 3.03. The molecule has 84 valence electrons. The van der Waals surface area contributed by atoms with Crippen molar-refractivity contribution in [2.75, 3.05) is 11.4 Å². The van der Waals surface area contributed by atoms with E-state index in [9.17, 15) is 9.59 Å². The predicted octanol–water partition coefficient (Wildman–Crippen LogP) is 1.30. The van der Waals surface area contributed by atoms with E-state index in [0.29, 0.717) is 0 Å². The summed E-state index contributed by atoms with van der Waals surface area (Å²) in [4.78, 5) is 24.8. The monoisotopic (exact) mass is 282 g/mol. The highest BCUT2D eigenvalue weighted by Gasteiger charge is 2.31. The largest absolute Gasteiger partial charge is 0.345 e. The fourth-order valence-corrected chi connectivity index (χ4v) is 2.11. The van der Waals surface area contributed by atoms with Crippen LogP contribution in [0.25, 0.3) is 0 Å². The van der Waals surface area contributed by atoms with Crippen molar-refractivity contribution >= 4 is 33.4 Å². The lowest BCUT2D eigenvalue weighted by molar-refractivity contribution is -0.130. The van der Waals surface area contributed by atoms with E-state index in [-0.39, 0.29) is 18.4 Å². The number of nitrogens with zero attached hydrogens (tertiary/aromatic N) is 1. The molecule has 5 heteroatoms. The molecule has 1 N–H and O–H groups in total. The van der Waals surface area contributed by atoms with E-state index in [4.69, 9.17) is 0 Å². The maximum absolute atomic E-state index is 11.8. The fraction of sp³-hybridized carbons (Fsp3) is 0.273. The number of carbonyl (C=O) groups excluding carboxylic acids is 2. The smallest absolute Gasteiger partial charge is 0.247 e. The van der Waals surface area contributed by atoms with Crippen LogP contribution in [0.15, 0.2) is 28.7 Å². The van der Waals surface area contributed by atoms with Crippen LogP contribution in [-0.4, -0.2) is 24.4 Å². The Morgan fingerprint density at radius 2 is 2.19 bits per heavy atom. The van der Waals surface area contributed by atoms with E-state index in [2.05, 4.69) is 21.2 Å². The summed E-state index contributed by atoms with van der Waals surface area (Å²) in [7, 11) is 0. The highest BCUT2D eigenvalue weighted by molar-refractivity contribution is 9.10. The van der Waals surface area contributed by atoms with Gasteiger partial charge in [-0.05, 0) is 25.1 Å². The van der Waals surface area contributed by atoms with Crippen LogP contribution >= 0.6 is 15.9 Å². The quantitative estimate of drug-likeness (QED) is 0.844. The van der Waals surface area contributed by atoms with E-state index in [1.165, 1.54) is 4.90 Å². The van der Waals surface area contributed by atoms with Crippen molar-refractivity contribution in [2.24, 2.45) is 0 Å². The summed E-state index contributed by atoms with van der Waals surface area (Å²) in [5, 5.41) is 2.55. The standard InChI is InChI=1S/C11H11BrN2O2/c1-7-11(16)13-6-10(15)14(7)9-4-2-3-8(12)5-9/h2-5,7H,6H2,1H3,(H,13,16). The van der Waals surface area contributed by atoms with Crippen LogP contribution in [0.4, 0.5) is 5.69 Å². The molecule has 2 rings (SSSR count). The second-order valence-electron chi connectivity index (χ2n) is 3.64. The Hall–Kier alpha value is -1.36. The van der Waals surface area contributed by atoms with Gasteiger partial charge in [-0.1, -0.05) is 22.0 Å². The summed E-state index contributed by atoms with van der Waals surface area (Å²) in [6.07, 6.45) is 0. The SMILES string of the molecule is CC1C(=O)NCC(=O)N1c1cccc(Br)c1. The van der Waals surface area contributed by atoms with Crippen LogP contribution in [0.2, 0.25) is 0 Å². The molecule has 0 spiro atoms. The van der Waals surface area contributed by atoms with Gasteiger partial charge in [-0.3, -0.25) is 14.5 Å². The number of amides is 2. The Bertz CT molecular complexity index is 447. The van der Waals surface area contributed by atoms with E-state index in [1.807, 2.05) is 24.3 Å². The van der Waals surface area contributed by atoms with Gasteiger partial charge >= 0.3 is 0 Å². The number of carbonyl (C=O) groups is 2. The number of piperazine rings is 1. The van der Waals surface area contributed by atoms with Gasteiger partial charge in [0, 0.05) is 10.2 Å². The molecule has 1 aliphatic heterocycles. The maximum Gasteiger partial charge on any atom is 0.247 e. The van der Waals surface area contributed by atoms with Gasteiger partial charge in [-0.2, -0.15) is 0 Å². The normalized spacial score (nSPS) is 20.9. The summed E-state index contributed by atoms with van der Waals surface area (Å²) in [5.74, 6) is -0.218. The first-order chi connectivity index (χ1) is 7.59. The van der Waals surface area contributed by atoms with Crippen molar-refractivity contribution in [3.8, 4) is 0 Å². The number of halogens is 1. The molecule has 0 aliphatic carbocycles. The Labute approximate surface area is 102 Å². The molecule has 4 nitrogen and oxygen atoms in total. The van der Waals surface area contributed by atoms with Gasteiger partial charge in [-0.15, -0.1) is 0 Å². The Kier molecular flexibility index (Phi) is 2.96. The number of anilines is 1. The number of hydrogen-bond acceptors (Lipinski definition) is 2. The summed E-state index contributed by atoms with van der Waals surface area (Å²) in [6.45, 7) is 1.78. The maximum atomic E-state index is 11.8. The average Bonchev–Trinajstić information content (AvgIpc) is 2.24. The lowest BCUT2D eigenvalue weighted by atomic mass is 10.1. The summed E-state index contributed by atoms with van der Waals surface area (Å²) < 4.78 is 0.885. The van der Waals surface area contributed by atoms with Crippen LogP contribution in [0.5, 0.6) is 0 Å². The molecular weight excluding hydrogens is 272 g/mol. The zero-order chi connectivity index (χ0) is 11.7. The van der Waals surface area contributed by atoms with Gasteiger partial charge < -0.3 is 5.32 Å². The summed E-state index contributed by atoms with van der Waals surface area (Å²) in [5.41, 5.74) is 0.738. The minimum Gasteiger partial charge on any atom is -0.345 e. The van der Waals surface area contributed by atoms with Crippen molar-refractivity contribution in [3.05, 3.63) is 28.7 Å². The van der Waals surface area contributed by atoms with Crippen molar-refractivity contribution in [1.82, 2.24) is 5.32 Å². The third-order valence-electron chi connectivity index (χ3n) is 2.54. The van der Waals surface area contributed by atoms with Crippen LogP contribution < -0.4 is 10.2 Å². The molecule has 1 unspecified atom stereocenters. The first-order valence-corrected chi connectivity index (χ1v) is 5.74. The molecule has 1 atom stereocenters. The van der Waals surface area contributed by atoms with E-state index in [1.54, 1.807) is 6.92 Å². The highest BCUT2D eigenvalue weighted by atomic mass is 79.9. The van der Waals surface area contributed by atoms with E-state index < -0.39 is 6.04 Å². The topological polar surface area (TPSA) is 49.4 Å². The summed E-state index contributed by atoms with van der Waals surface area (Å²) >= 11 is 3.35. The first kappa shape index (κ1) is 11.1. The lowest BCUT2D eigenvalue weighted by Crippen LogP contribution is -2.57. The molecule has 1 aromatic carbocycles. The van der Waals surface area contributed by atoms with Gasteiger partial charge in [0.2, 0.25) is 11.8 Å². The molecule has 2 amide bonds. The number of hydrogen-bond donors (Lipinski definition) is 1. The van der Waals surface area contributed by atoms with E-state index >= 15 is 0 Å². The number of rotatable bonds is 1. The molecule has 1 aliphatic rings. The Morgan fingerprint density at radius 3 is 2.88 bits per heavy atom. The summed E-state index contributed by atoms with van der Waals surface area (Å²) in [6, 6.07) is 6.90. The molecule has 0 radical (unpaired) electrons. The zero-order valence-corrected chi connectivity index (χ0v) is 10.3. The van der Waals surface area contributed by atoms with Crippen LogP contribution in [-0.2, 0) is 9.59 Å². The molecule has 16 heavy (non-hydrogen) atoms. The Morgan fingerprint density at radius 1 is 1.44 bits per heavy atom. The van der Waals surface area contributed by atoms with Crippen LogP contribution in [0.1, 0.15) is 6.92 Å². The molecule has 1 fully saturated rings. The zero-order valence-electron chi connectivity index (χ0n) is 8.74. The van der Waals surface area contributed by atoms with Crippen LogP contribution in [0.3, 0.4) is 0 Å². The fourth-order valence-electron chi connectivity index (χ4n) is 1.72. The molecule has 0 aromatic heterocycles. The van der Waals surface area contributed by atoms with Crippen molar-refractivity contribution in [1.29, 1.82) is 0 Å². The average molecular weight is 283 g/mol. The van der Waals surface area contributed by atoms with E-state index in [0.717, 1.165) is 10.2 Å². The highest BCUT2D eigenvalue weighted by Crippen LogP contribution is 2.23. The molecule has 0 bridgehead atoms. The van der Waals surface area contributed by atoms with Gasteiger partial charge in [0.25, 0.3) is 0 Å².